The summed E-state index contributed by atoms with van der Waals surface area (Å²) in [5.74, 6) is -0.201. The summed E-state index contributed by atoms with van der Waals surface area (Å²) >= 11 is 12.5. The molecule has 2 N–H and O–H groups in total. The molecule has 6 nitrogen and oxygen atoms in total. The van der Waals surface area contributed by atoms with Gasteiger partial charge in [-0.2, -0.15) is 0 Å². The number of anilines is 2. The maximum atomic E-state index is 12.2. The molecule has 0 bridgehead atoms. The average Bonchev–Trinajstić information content (AvgIpc) is 3.60. The fourth-order valence-electron chi connectivity index (χ4n) is 5.04. The Morgan fingerprint density at radius 2 is 2.00 bits per heavy atom. The first kappa shape index (κ1) is 23.8. The van der Waals surface area contributed by atoms with Crippen LogP contribution in [0.4, 0.5) is 11.4 Å². The first-order valence-corrected chi connectivity index (χ1v) is 13.0. The maximum absolute atomic E-state index is 12.2. The Hall–Kier alpha value is -2.90. The predicted molar refractivity (Wildman–Crippen MR) is 145 cm³/mol. The second kappa shape index (κ2) is 9.99. The van der Waals surface area contributed by atoms with Crippen LogP contribution in [0.2, 0.25) is 5.02 Å². The van der Waals surface area contributed by atoms with E-state index < -0.39 is 0 Å². The molecule has 0 radical (unpaired) electrons. The number of amides is 1. The van der Waals surface area contributed by atoms with Crippen LogP contribution in [0.25, 0.3) is 0 Å². The number of halogens is 1. The summed E-state index contributed by atoms with van der Waals surface area (Å²) in [4.78, 5) is 18.9. The van der Waals surface area contributed by atoms with Crippen molar-refractivity contribution in [3.8, 4) is 0 Å². The summed E-state index contributed by atoms with van der Waals surface area (Å²) in [6.45, 7) is 3.71. The lowest BCUT2D eigenvalue weighted by Gasteiger charge is -2.28. The predicted octanol–water partition coefficient (Wildman–Crippen LogP) is 6.42. The molecule has 0 spiro atoms. The maximum Gasteiger partial charge on any atom is 0.226 e. The van der Waals surface area contributed by atoms with Crippen molar-refractivity contribution >= 4 is 46.2 Å². The molecule has 5 rings (SSSR count). The highest BCUT2D eigenvalue weighted by Crippen LogP contribution is 2.43. The number of hydrogen-bond acceptors (Lipinski definition) is 3. The molecule has 1 saturated carbocycles. The summed E-state index contributed by atoms with van der Waals surface area (Å²) in [6, 6.07) is 14.2. The first-order chi connectivity index (χ1) is 16.9. The van der Waals surface area contributed by atoms with Gasteiger partial charge in [-0.25, -0.2) is 0 Å². The van der Waals surface area contributed by atoms with Gasteiger partial charge in [-0.1, -0.05) is 44.4 Å². The van der Waals surface area contributed by atoms with E-state index in [1.807, 2.05) is 56.4 Å². The van der Waals surface area contributed by atoms with E-state index in [4.69, 9.17) is 23.8 Å². The number of pyridine rings is 1. The molecule has 1 saturated heterocycles. The van der Waals surface area contributed by atoms with E-state index >= 15 is 0 Å². The lowest BCUT2D eigenvalue weighted by atomic mass is 9.98. The van der Waals surface area contributed by atoms with Crippen LogP contribution in [0.3, 0.4) is 0 Å². The van der Waals surface area contributed by atoms with Gasteiger partial charge >= 0.3 is 0 Å². The van der Waals surface area contributed by atoms with Gasteiger partial charge in [0.15, 0.2) is 5.11 Å². The van der Waals surface area contributed by atoms with Crippen LogP contribution >= 0.6 is 23.8 Å². The van der Waals surface area contributed by atoms with E-state index in [0.717, 1.165) is 11.4 Å². The summed E-state index contributed by atoms with van der Waals surface area (Å²) in [5.41, 5.74) is 3.57. The molecule has 2 aromatic heterocycles. The fourth-order valence-corrected chi connectivity index (χ4v) is 5.61. The van der Waals surface area contributed by atoms with Gasteiger partial charge in [0, 0.05) is 36.2 Å². The van der Waals surface area contributed by atoms with Crippen molar-refractivity contribution in [3.05, 3.63) is 77.3 Å². The number of rotatable bonds is 6. The molecule has 3 heterocycles. The van der Waals surface area contributed by atoms with Crippen molar-refractivity contribution in [1.82, 2.24) is 14.9 Å². The molecule has 8 heteroatoms. The number of carbonyl (C=O) groups is 1. The monoisotopic (exact) mass is 507 g/mol. The van der Waals surface area contributed by atoms with Gasteiger partial charge in [0.1, 0.15) is 0 Å². The van der Waals surface area contributed by atoms with Crippen molar-refractivity contribution < 1.29 is 4.79 Å². The largest absolute Gasteiger partial charge is 0.351 e. The molecule has 2 atom stereocenters. The van der Waals surface area contributed by atoms with Crippen molar-refractivity contribution in [1.29, 1.82) is 0 Å². The van der Waals surface area contributed by atoms with Gasteiger partial charge in [-0.15, -0.1) is 0 Å². The summed E-state index contributed by atoms with van der Waals surface area (Å²) < 4.78 is 2.36. The van der Waals surface area contributed by atoms with Crippen molar-refractivity contribution in [3.63, 3.8) is 0 Å². The van der Waals surface area contributed by atoms with Crippen molar-refractivity contribution in [2.75, 3.05) is 10.2 Å². The Morgan fingerprint density at radius 1 is 1.20 bits per heavy atom. The Bertz CT molecular complexity index is 1220. The van der Waals surface area contributed by atoms with Gasteiger partial charge in [-0.05, 0) is 67.0 Å². The van der Waals surface area contributed by atoms with E-state index in [0.29, 0.717) is 21.9 Å². The zero-order valence-electron chi connectivity index (χ0n) is 19.9. The standard InChI is InChI=1S/C27H30ClN5OS/c1-17(2)26(34)30-22-11-10-20(15-21(22)28)33-25(18-12-14-32(16-18)19-7-3-4-8-19)24(31-27(33)35)23-9-5-6-13-29-23/h5-6,9-17,19,24-25H,3-4,7-8H2,1-2H3,(H,30,34)(H,31,35)/t24-,25-/m1/s1. The molecule has 35 heavy (non-hydrogen) atoms. The third-order valence-corrected chi connectivity index (χ3v) is 7.56. The molecule has 2 fully saturated rings. The van der Waals surface area contributed by atoms with Gasteiger partial charge in [0.2, 0.25) is 5.91 Å². The number of carbonyl (C=O) groups excluding carboxylic acids is 1. The number of aromatic nitrogens is 2. The van der Waals surface area contributed by atoms with Crippen molar-refractivity contribution in [2.45, 2.75) is 57.7 Å². The zero-order valence-corrected chi connectivity index (χ0v) is 21.5. The number of hydrogen-bond donors (Lipinski definition) is 2. The quantitative estimate of drug-likeness (QED) is 0.377. The number of thiocarbonyl (C=S) groups is 1. The van der Waals surface area contributed by atoms with Crippen LogP contribution in [0.1, 0.15) is 68.9 Å². The number of nitrogens with one attached hydrogen (secondary N) is 2. The smallest absolute Gasteiger partial charge is 0.226 e. The van der Waals surface area contributed by atoms with Crippen LogP contribution in [-0.4, -0.2) is 20.6 Å². The highest BCUT2D eigenvalue weighted by atomic mass is 35.5. The van der Waals surface area contributed by atoms with Gasteiger partial charge in [-0.3, -0.25) is 9.78 Å². The summed E-state index contributed by atoms with van der Waals surface area (Å²) in [5, 5.41) is 7.49. The summed E-state index contributed by atoms with van der Waals surface area (Å²) in [7, 11) is 0. The molecule has 2 aliphatic rings. The summed E-state index contributed by atoms with van der Waals surface area (Å²) in [6.07, 6.45) is 11.3. The van der Waals surface area contributed by atoms with Crippen LogP contribution in [0, 0.1) is 5.92 Å². The Kier molecular flexibility index (Phi) is 6.80. The third kappa shape index (κ3) is 4.80. The molecule has 1 aliphatic carbocycles. The van der Waals surface area contributed by atoms with E-state index in [-0.39, 0.29) is 23.9 Å². The molecule has 1 aromatic carbocycles. The van der Waals surface area contributed by atoms with Crippen LogP contribution in [0.5, 0.6) is 0 Å². The van der Waals surface area contributed by atoms with Gasteiger partial charge in [0.05, 0.1) is 28.5 Å². The minimum atomic E-state index is -0.131. The van der Waals surface area contributed by atoms with E-state index in [9.17, 15) is 4.79 Å². The minimum absolute atomic E-state index is 0.0700. The fraction of sp³-hybridized carbons (Fsp3) is 0.370. The Morgan fingerprint density at radius 3 is 2.69 bits per heavy atom. The topological polar surface area (TPSA) is 62.2 Å². The van der Waals surface area contributed by atoms with Gasteiger partial charge in [0.25, 0.3) is 0 Å². The molecule has 1 amide bonds. The van der Waals surface area contributed by atoms with Gasteiger partial charge < -0.3 is 20.1 Å². The Labute approximate surface area is 216 Å². The molecule has 3 aromatic rings. The second-order valence-electron chi connectivity index (χ2n) is 9.64. The third-order valence-electron chi connectivity index (χ3n) is 6.94. The number of benzene rings is 1. The van der Waals surface area contributed by atoms with E-state index in [1.54, 1.807) is 0 Å². The zero-order chi connectivity index (χ0) is 24.5. The molecule has 1 aliphatic heterocycles. The van der Waals surface area contributed by atoms with Crippen molar-refractivity contribution in [2.24, 2.45) is 5.92 Å². The molecule has 0 unspecified atom stereocenters. The first-order valence-electron chi connectivity index (χ1n) is 12.2. The number of nitrogens with zero attached hydrogens (tertiary/aromatic N) is 3. The normalized spacial score (nSPS) is 20.5. The lowest BCUT2D eigenvalue weighted by Crippen LogP contribution is -2.29. The average molecular weight is 508 g/mol. The highest BCUT2D eigenvalue weighted by Gasteiger charge is 2.41. The SMILES string of the molecule is CC(C)C(=O)Nc1ccc(N2C(=S)N[C@H](c3ccccn3)[C@H]2c2ccn(C3CCCC3)c2)cc1Cl. The molecular weight excluding hydrogens is 478 g/mol. The molecule has 182 valence electrons. The molecular formula is C27H30ClN5OS. The lowest BCUT2D eigenvalue weighted by molar-refractivity contribution is -0.118. The van der Waals surface area contributed by atoms with Crippen LogP contribution in [0.15, 0.2) is 61.1 Å². The highest BCUT2D eigenvalue weighted by molar-refractivity contribution is 7.80. The van der Waals surface area contributed by atoms with E-state index in [2.05, 4.69) is 43.5 Å². The Balaban J connectivity index is 1.52. The second-order valence-corrected chi connectivity index (χ2v) is 10.4. The van der Waals surface area contributed by atoms with Crippen LogP contribution < -0.4 is 15.5 Å². The minimum Gasteiger partial charge on any atom is -0.351 e. The van der Waals surface area contributed by atoms with E-state index in [1.165, 1.54) is 31.2 Å². The van der Waals surface area contributed by atoms with Crippen LogP contribution in [-0.2, 0) is 4.79 Å².